The molecule has 0 aromatic heterocycles. The average molecular weight is 333 g/mol. The quantitative estimate of drug-likeness (QED) is 0.551. The lowest BCUT2D eigenvalue weighted by molar-refractivity contribution is 0.285. The first-order valence-electron chi connectivity index (χ1n) is 9.07. The van der Waals surface area contributed by atoms with Crippen molar-refractivity contribution < 1.29 is 0 Å². The van der Waals surface area contributed by atoms with Gasteiger partial charge in [-0.15, -0.1) is 0 Å². The summed E-state index contributed by atoms with van der Waals surface area (Å²) in [4.78, 5) is 7.65. The Morgan fingerprint density at radius 1 is 1.04 bits per heavy atom. The van der Waals surface area contributed by atoms with Crippen molar-refractivity contribution in [3.63, 3.8) is 0 Å². The molecule has 2 aliphatic rings. The maximum atomic E-state index is 7.95. The third kappa shape index (κ3) is 3.38. The van der Waals surface area contributed by atoms with Crippen LogP contribution in [0.25, 0.3) is 0 Å². The molecule has 1 saturated heterocycles. The van der Waals surface area contributed by atoms with Gasteiger partial charge in [-0.2, -0.15) is 0 Å². The van der Waals surface area contributed by atoms with Gasteiger partial charge in [0.05, 0.1) is 11.9 Å². The number of nitrogens with one attached hydrogen (secondary N) is 1. The summed E-state index contributed by atoms with van der Waals surface area (Å²) in [6, 6.07) is 0.170. The summed E-state index contributed by atoms with van der Waals surface area (Å²) < 4.78 is 0. The number of nitrogens with two attached hydrogens (primary N) is 1. The fourth-order valence-electron chi connectivity index (χ4n) is 3.90. The van der Waals surface area contributed by atoms with Crippen molar-refractivity contribution in [1.29, 1.82) is 5.41 Å². The summed E-state index contributed by atoms with van der Waals surface area (Å²) in [7, 11) is 0. The van der Waals surface area contributed by atoms with Gasteiger partial charge in [0.2, 0.25) is 0 Å². The van der Waals surface area contributed by atoms with Crippen LogP contribution < -0.4 is 5.73 Å². The first-order chi connectivity index (χ1) is 10.6. The molecule has 4 nitrogen and oxygen atoms in total. The van der Waals surface area contributed by atoms with Gasteiger partial charge in [-0.05, 0) is 22.8 Å². The third-order valence-corrected chi connectivity index (χ3v) is 5.00. The van der Waals surface area contributed by atoms with Crippen molar-refractivity contribution in [2.75, 3.05) is 6.54 Å². The van der Waals surface area contributed by atoms with E-state index in [1.54, 1.807) is 0 Å². The van der Waals surface area contributed by atoms with Crippen LogP contribution in [-0.2, 0) is 0 Å². The Kier molecular flexibility index (Phi) is 4.44. The molecule has 0 aromatic carbocycles. The second-order valence-electron chi connectivity index (χ2n) is 10.5. The predicted octanol–water partition coefficient (Wildman–Crippen LogP) is 4.42. The van der Waals surface area contributed by atoms with Crippen molar-refractivity contribution in [3.8, 4) is 0 Å². The van der Waals surface area contributed by atoms with Gasteiger partial charge in [0.25, 0.3) is 0 Å². The Morgan fingerprint density at radius 3 is 1.96 bits per heavy atom. The summed E-state index contributed by atoms with van der Waals surface area (Å²) in [5, 5.41) is 7.95. The highest BCUT2D eigenvalue weighted by atomic mass is 15.3. The minimum atomic E-state index is -0.0240. The molecule has 2 unspecified atom stereocenters. The van der Waals surface area contributed by atoms with E-state index in [0.29, 0.717) is 5.84 Å². The first-order valence-corrected chi connectivity index (χ1v) is 9.07. The molecule has 0 spiro atoms. The number of amidine groups is 2. The fraction of sp³-hybridized carbons (Fsp3) is 0.800. The van der Waals surface area contributed by atoms with Crippen LogP contribution in [0.4, 0.5) is 0 Å². The number of allylic oxidation sites excluding steroid dienone is 1. The molecular weight excluding hydrogens is 296 g/mol. The molecule has 2 aliphatic heterocycles. The highest BCUT2D eigenvalue weighted by Gasteiger charge is 2.46. The summed E-state index contributed by atoms with van der Waals surface area (Å²) in [6.45, 7) is 21.2. The molecule has 0 radical (unpaired) electrons. The molecule has 2 heterocycles. The molecule has 0 bridgehead atoms. The maximum absolute atomic E-state index is 7.95. The van der Waals surface area contributed by atoms with Crippen molar-refractivity contribution in [2.24, 2.45) is 32.9 Å². The van der Waals surface area contributed by atoms with Crippen LogP contribution in [0.15, 0.2) is 16.3 Å². The van der Waals surface area contributed by atoms with Gasteiger partial charge in [0.15, 0.2) is 0 Å². The number of fused-ring (bicyclic) bond motifs is 1. The Balaban J connectivity index is 2.69. The Morgan fingerprint density at radius 2 is 1.58 bits per heavy atom. The Bertz CT molecular complexity index is 591. The fourth-order valence-corrected chi connectivity index (χ4v) is 3.90. The van der Waals surface area contributed by atoms with Gasteiger partial charge < -0.3 is 10.6 Å². The van der Waals surface area contributed by atoms with E-state index in [4.69, 9.17) is 16.1 Å². The normalized spacial score (nSPS) is 25.7. The predicted molar refractivity (Wildman–Crippen MR) is 103 cm³/mol. The van der Waals surface area contributed by atoms with Crippen LogP contribution in [0.3, 0.4) is 0 Å². The second kappa shape index (κ2) is 5.60. The highest BCUT2D eigenvalue weighted by molar-refractivity contribution is 5.92. The number of aliphatic imine (C=N–C) groups is 1. The zero-order chi connectivity index (χ0) is 18.7. The van der Waals surface area contributed by atoms with Gasteiger partial charge in [0, 0.05) is 23.6 Å². The Hall–Kier alpha value is -1.32. The van der Waals surface area contributed by atoms with E-state index < -0.39 is 0 Å². The van der Waals surface area contributed by atoms with Gasteiger partial charge in [-0.1, -0.05) is 62.3 Å². The third-order valence-electron chi connectivity index (χ3n) is 5.00. The van der Waals surface area contributed by atoms with E-state index in [1.165, 1.54) is 11.3 Å². The summed E-state index contributed by atoms with van der Waals surface area (Å²) in [5.74, 6) is 1.54. The first kappa shape index (κ1) is 19.0. The Labute approximate surface area is 148 Å². The SMILES string of the molecule is CC(C)(C)C1=NC(C(C)(C)C)C(C(C)(C)C)=C2CC(C(=N)N)CN12. The lowest BCUT2D eigenvalue weighted by Gasteiger charge is -2.45. The molecule has 2 atom stereocenters. The van der Waals surface area contributed by atoms with Crippen LogP contribution >= 0.6 is 0 Å². The number of hydrogen-bond acceptors (Lipinski definition) is 3. The molecule has 3 N–H and O–H groups in total. The van der Waals surface area contributed by atoms with E-state index in [-0.39, 0.29) is 28.2 Å². The highest BCUT2D eigenvalue weighted by Crippen LogP contribution is 2.48. The van der Waals surface area contributed by atoms with Crippen molar-refractivity contribution in [3.05, 3.63) is 11.3 Å². The van der Waals surface area contributed by atoms with Crippen molar-refractivity contribution >= 4 is 11.7 Å². The molecule has 136 valence electrons. The number of hydrogen-bond donors (Lipinski definition) is 2. The van der Waals surface area contributed by atoms with Crippen LogP contribution in [0.2, 0.25) is 0 Å². The van der Waals surface area contributed by atoms with Crippen LogP contribution in [0, 0.1) is 27.6 Å². The molecular formula is C20H36N4. The van der Waals surface area contributed by atoms with E-state index >= 15 is 0 Å². The van der Waals surface area contributed by atoms with Crippen molar-refractivity contribution in [2.45, 2.75) is 74.8 Å². The molecule has 0 saturated carbocycles. The monoisotopic (exact) mass is 332 g/mol. The molecule has 0 aliphatic carbocycles. The molecule has 0 amide bonds. The van der Waals surface area contributed by atoms with E-state index in [0.717, 1.165) is 18.8 Å². The molecule has 1 fully saturated rings. The van der Waals surface area contributed by atoms with Gasteiger partial charge in [0.1, 0.15) is 5.84 Å². The largest absolute Gasteiger partial charge is 0.387 e. The maximum Gasteiger partial charge on any atom is 0.109 e. The number of nitrogens with zero attached hydrogens (tertiary/aromatic N) is 2. The zero-order valence-electron chi connectivity index (χ0n) is 17.0. The average Bonchev–Trinajstić information content (AvgIpc) is 2.76. The zero-order valence-corrected chi connectivity index (χ0v) is 17.0. The minimum absolute atomic E-state index is 0.0240. The van der Waals surface area contributed by atoms with Crippen molar-refractivity contribution in [1.82, 2.24) is 4.90 Å². The van der Waals surface area contributed by atoms with Crippen LogP contribution in [0.1, 0.15) is 68.7 Å². The summed E-state index contributed by atoms with van der Waals surface area (Å²) in [6.07, 6.45) is 0.865. The lowest BCUT2D eigenvalue weighted by atomic mass is 9.70. The van der Waals surface area contributed by atoms with Gasteiger partial charge in [-0.3, -0.25) is 10.4 Å². The molecule has 24 heavy (non-hydrogen) atoms. The second-order valence-corrected chi connectivity index (χ2v) is 10.5. The van der Waals surface area contributed by atoms with E-state index in [1.807, 2.05) is 0 Å². The van der Waals surface area contributed by atoms with Gasteiger partial charge >= 0.3 is 0 Å². The molecule has 4 heteroatoms. The standard InChI is InChI=1S/C20H36N4/c1-18(2,3)14-13-10-12(16(21)22)11-24(13)17(20(7,8)9)23-15(14)19(4,5)6/h12,15H,10-11H2,1-9H3,(H3,21,22). The van der Waals surface area contributed by atoms with Crippen LogP contribution in [0.5, 0.6) is 0 Å². The number of rotatable bonds is 1. The molecule has 2 rings (SSSR count). The van der Waals surface area contributed by atoms with Gasteiger partial charge in [-0.25, -0.2) is 0 Å². The van der Waals surface area contributed by atoms with E-state index in [2.05, 4.69) is 67.2 Å². The smallest absolute Gasteiger partial charge is 0.109 e. The van der Waals surface area contributed by atoms with E-state index in [9.17, 15) is 0 Å². The summed E-state index contributed by atoms with van der Waals surface area (Å²) >= 11 is 0. The van der Waals surface area contributed by atoms with Crippen LogP contribution in [-0.4, -0.2) is 29.2 Å². The topological polar surface area (TPSA) is 65.5 Å². The molecule has 0 aromatic rings. The lowest BCUT2D eigenvalue weighted by Crippen LogP contribution is -2.47. The summed E-state index contributed by atoms with van der Waals surface area (Å²) in [5.41, 5.74) is 8.75. The minimum Gasteiger partial charge on any atom is -0.387 e.